The van der Waals surface area contributed by atoms with E-state index in [0.29, 0.717) is 32.8 Å². The number of aromatic nitrogens is 2. The normalized spacial score (nSPS) is 14.9. The number of piperazine rings is 1. The third kappa shape index (κ3) is 6.71. The first-order valence-corrected chi connectivity index (χ1v) is 11.1. The van der Waals surface area contributed by atoms with E-state index in [2.05, 4.69) is 29.4 Å². The average molecular weight is 442 g/mol. The zero-order valence-electron chi connectivity index (χ0n) is 19.6. The van der Waals surface area contributed by atoms with Crippen LogP contribution in [0.15, 0.2) is 41.7 Å². The first kappa shape index (κ1) is 23.6. The van der Waals surface area contributed by atoms with Crippen molar-refractivity contribution < 1.29 is 9.53 Å². The molecule has 32 heavy (non-hydrogen) atoms. The van der Waals surface area contributed by atoms with E-state index in [1.165, 1.54) is 0 Å². The van der Waals surface area contributed by atoms with Gasteiger partial charge in [-0.3, -0.25) is 9.48 Å². The lowest BCUT2D eigenvalue weighted by atomic mass is 10.2. The van der Waals surface area contributed by atoms with Crippen molar-refractivity contribution in [2.75, 3.05) is 58.3 Å². The van der Waals surface area contributed by atoms with Crippen molar-refractivity contribution in [2.24, 2.45) is 12.0 Å². The molecule has 9 heteroatoms. The van der Waals surface area contributed by atoms with Crippen LogP contribution in [0.25, 0.3) is 0 Å². The van der Waals surface area contributed by atoms with Crippen molar-refractivity contribution in [1.82, 2.24) is 24.9 Å². The predicted molar refractivity (Wildman–Crippen MR) is 127 cm³/mol. The number of rotatable bonds is 9. The molecule has 1 aliphatic rings. The zero-order valence-corrected chi connectivity index (χ0v) is 19.6. The van der Waals surface area contributed by atoms with Gasteiger partial charge in [0, 0.05) is 39.4 Å². The topological polar surface area (TPSA) is 78.2 Å². The summed E-state index contributed by atoms with van der Waals surface area (Å²) in [6.45, 7) is 6.65. The van der Waals surface area contributed by atoms with Crippen LogP contribution < -0.4 is 15.0 Å². The maximum absolute atomic E-state index is 12.7. The van der Waals surface area contributed by atoms with Gasteiger partial charge in [0.15, 0.2) is 5.96 Å². The minimum atomic E-state index is 0.0469. The van der Waals surface area contributed by atoms with E-state index < -0.39 is 0 Å². The van der Waals surface area contributed by atoms with Gasteiger partial charge in [-0.1, -0.05) is 12.1 Å². The molecule has 0 aliphatic carbocycles. The third-order valence-corrected chi connectivity index (χ3v) is 5.21. The highest BCUT2D eigenvalue weighted by molar-refractivity contribution is 5.98. The molecule has 1 saturated heterocycles. The van der Waals surface area contributed by atoms with E-state index in [1.807, 2.05) is 49.3 Å². The highest BCUT2D eigenvalue weighted by Gasteiger charge is 2.27. The summed E-state index contributed by atoms with van der Waals surface area (Å²) in [5.74, 6) is 1.68. The molecule has 174 valence electrons. The Morgan fingerprint density at radius 3 is 2.66 bits per heavy atom. The van der Waals surface area contributed by atoms with Crippen LogP contribution in [0, 0.1) is 0 Å². The molecular weight excluding hydrogens is 406 g/mol. The van der Waals surface area contributed by atoms with Crippen molar-refractivity contribution in [1.29, 1.82) is 0 Å². The largest absolute Gasteiger partial charge is 0.494 e. The van der Waals surface area contributed by atoms with E-state index in [0.717, 1.165) is 42.5 Å². The summed E-state index contributed by atoms with van der Waals surface area (Å²) in [6.07, 6.45) is 4.59. The minimum absolute atomic E-state index is 0.0469. The Hall–Kier alpha value is -3.07. The molecule has 0 spiro atoms. The molecular formula is C23H35N7O2. The second-order valence-electron chi connectivity index (χ2n) is 8.16. The fourth-order valence-corrected chi connectivity index (χ4v) is 3.53. The molecule has 2 aromatic rings. The number of hydrogen-bond donors (Lipinski definition) is 1. The number of amides is 1. The Labute approximate surface area is 190 Å². The molecule has 1 N–H and O–H groups in total. The Morgan fingerprint density at radius 1 is 1.25 bits per heavy atom. The number of nitrogens with zero attached hydrogens (tertiary/aromatic N) is 6. The molecule has 0 atom stereocenters. The summed E-state index contributed by atoms with van der Waals surface area (Å²) in [6, 6.07) is 8.06. The van der Waals surface area contributed by atoms with Crippen LogP contribution in [0.1, 0.15) is 18.9 Å². The second kappa shape index (κ2) is 11.5. The molecule has 9 nitrogen and oxygen atoms in total. The molecule has 1 fully saturated rings. The highest BCUT2D eigenvalue weighted by Crippen LogP contribution is 2.17. The lowest BCUT2D eigenvalue weighted by Gasteiger charge is -2.35. The Bertz CT molecular complexity index is 892. The summed E-state index contributed by atoms with van der Waals surface area (Å²) in [5.41, 5.74) is 1.93. The molecule has 1 amide bonds. The standard InChI is InChI=1S/C23H35N7O2/c1-5-24-23(29-12-13-30(22(31)18-29)20-16-26-28(4)17-20)25-15-19-7-9-21(10-8-19)32-14-6-11-27(2)3/h7-10,16-17H,5-6,11-15,18H2,1-4H3,(H,24,25). The van der Waals surface area contributed by atoms with Crippen molar-refractivity contribution in [2.45, 2.75) is 19.9 Å². The van der Waals surface area contributed by atoms with E-state index in [9.17, 15) is 4.79 Å². The van der Waals surface area contributed by atoms with Gasteiger partial charge in [-0.25, -0.2) is 4.99 Å². The molecule has 1 aromatic heterocycles. The molecule has 0 saturated carbocycles. The molecule has 0 unspecified atom stereocenters. The smallest absolute Gasteiger partial charge is 0.246 e. The van der Waals surface area contributed by atoms with Crippen molar-refractivity contribution in [3.63, 3.8) is 0 Å². The summed E-state index contributed by atoms with van der Waals surface area (Å²) >= 11 is 0. The zero-order chi connectivity index (χ0) is 22.9. The number of carbonyl (C=O) groups is 1. The predicted octanol–water partition coefficient (Wildman–Crippen LogP) is 1.56. The van der Waals surface area contributed by atoms with Gasteiger partial charge in [0.25, 0.3) is 0 Å². The van der Waals surface area contributed by atoms with E-state index in [4.69, 9.17) is 9.73 Å². The Kier molecular flexibility index (Phi) is 8.49. The highest BCUT2D eigenvalue weighted by atomic mass is 16.5. The number of aliphatic imine (C=N–C) groups is 1. The van der Waals surface area contributed by atoms with Gasteiger partial charge >= 0.3 is 0 Å². The third-order valence-electron chi connectivity index (χ3n) is 5.21. The number of anilines is 1. The number of carbonyl (C=O) groups excluding carboxylic acids is 1. The van der Waals surface area contributed by atoms with Crippen molar-refractivity contribution in [3.8, 4) is 5.75 Å². The first-order chi connectivity index (χ1) is 15.5. The van der Waals surface area contributed by atoms with Crippen LogP contribution >= 0.6 is 0 Å². The molecule has 1 aromatic carbocycles. The number of aryl methyl sites for hydroxylation is 1. The van der Waals surface area contributed by atoms with E-state index >= 15 is 0 Å². The number of ether oxygens (including phenoxy) is 1. The fraction of sp³-hybridized carbons (Fsp3) is 0.522. The van der Waals surface area contributed by atoms with Gasteiger partial charge in [-0.05, 0) is 45.1 Å². The van der Waals surface area contributed by atoms with E-state index in [-0.39, 0.29) is 5.91 Å². The van der Waals surface area contributed by atoms with Gasteiger partial charge in [0.1, 0.15) is 12.3 Å². The molecule has 1 aliphatic heterocycles. The van der Waals surface area contributed by atoms with Crippen LogP contribution in [-0.4, -0.2) is 84.9 Å². The monoisotopic (exact) mass is 441 g/mol. The lowest BCUT2D eigenvalue weighted by molar-refractivity contribution is -0.120. The Morgan fingerprint density at radius 2 is 2.03 bits per heavy atom. The SMILES string of the molecule is CCNC(=NCc1ccc(OCCCN(C)C)cc1)N1CCN(c2cnn(C)c2)C(=O)C1. The van der Waals surface area contributed by atoms with E-state index in [1.54, 1.807) is 15.8 Å². The number of benzene rings is 1. The summed E-state index contributed by atoms with van der Waals surface area (Å²) < 4.78 is 7.51. The van der Waals surface area contributed by atoms with Crippen LogP contribution in [0.5, 0.6) is 5.75 Å². The second-order valence-corrected chi connectivity index (χ2v) is 8.16. The van der Waals surface area contributed by atoms with Crippen molar-refractivity contribution >= 4 is 17.6 Å². The van der Waals surface area contributed by atoms with Crippen LogP contribution in [0.4, 0.5) is 5.69 Å². The molecule has 0 bridgehead atoms. The van der Waals surface area contributed by atoms with Gasteiger partial charge in [0.05, 0.1) is 25.0 Å². The average Bonchev–Trinajstić information content (AvgIpc) is 3.20. The number of guanidine groups is 1. The van der Waals surface area contributed by atoms with Crippen LogP contribution in [-0.2, 0) is 18.4 Å². The van der Waals surface area contributed by atoms with Crippen LogP contribution in [0.3, 0.4) is 0 Å². The van der Waals surface area contributed by atoms with Gasteiger partial charge in [0.2, 0.25) is 5.91 Å². The Balaban J connectivity index is 1.55. The summed E-state index contributed by atoms with van der Waals surface area (Å²) in [5, 5.41) is 7.49. The quantitative estimate of drug-likeness (QED) is 0.362. The summed E-state index contributed by atoms with van der Waals surface area (Å²) in [4.78, 5) is 23.4. The van der Waals surface area contributed by atoms with Gasteiger partial charge in [-0.15, -0.1) is 0 Å². The number of hydrogen-bond acceptors (Lipinski definition) is 5. The maximum Gasteiger partial charge on any atom is 0.246 e. The van der Waals surface area contributed by atoms with Crippen LogP contribution in [0.2, 0.25) is 0 Å². The maximum atomic E-state index is 12.7. The molecule has 3 rings (SSSR count). The van der Waals surface area contributed by atoms with Gasteiger partial charge < -0.3 is 24.8 Å². The molecule has 0 radical (unpaired) electrons. The minimum Gasteiger partial charge on any atom is -0.494 e. The fourth-order valence-electron chi connectivity index (χ4n) is 3.53. The van der Waals surface area contributed by atoms with Crippen molar-refractivity contribution in [3.05, 3.63) is 42.2 Å². The first-order valence-electron chi connectivity index (χ1n) is 11.1. The molecule has 2 heterocycles. The summed E-state index contributed by atoms with van der Waals surface area (Å²) in [7, 11) is 5.98. The lowest BCUT2D eigenvalue weighted by Crippen LogP contribution is -2.55. The number of nitrogens with one attached hydrogen (secondary N) is 1. The van der Waals surface area contributed by atoms with Gasteiger partial charge in [-0.2, -0.15) is 5.10 Å².